The number of aromatic nitrogens is 6. The van der Waals surface area contributed by atoms with Crippen molar-refractivity contribution in [1.29, 1.82) is 0 Å². The molecule has 0 fully saturated rings. The van der Waals surface area contributed by atoms with Gasteiger partial charge in [0.25, 0.3) is 5.91 Å². The van der Waals surface area contributed by atoms with Crippen LogP contribution in [0.4, 0.5) is 5.82 Å². The lowest BCUT2D eigenvalue weighted by molar-refractivity contribution is -0.137. The van der Waals surface area contributed by atoms with Gasteiger partial charge in [0.2, 0.25) is 0 Å². The van der Waals surface area contributed by atoms with Gasteiger partial charge in [0.1, 0.15) is 11.6 Å². The number of anilines is 1. The molecule has 0 bridgehead atoms. The Hall–Kier alpha value is -3.14. The van der Waals surface area contributed by atoms with Crippen molar-refractivity contribution < 1.29 is 14.7 Å². The molecule has 0 aliphatic carbocycles. The predicted molar refractivity (Wildman–Crippen MR) is 92.1 cm³/mol. The van der Waals surface area contributed by atoms with Crippen LogP contribution in [0.5, 0.6) is 0 Å². The van der Waals surface area contributed by atoms with Crippen LogP contribution in [-0.2, 0) is 24.4 Å². The van der Waals surface area contributed by atoms with Crippen molar-refractivity contribution in [3.05, 3.63) is 47.1 Å². The van der Waals surface area contributed by atoms with E-state index in [4.69, 9.17) is 16.7 Å². The van der Waals surface area contributed by atoms with E-state index in [-0.39, 0.29) is 17.9 Å². The smallest absolute Gasteiger partial charge is 0.325 e. The number of halogens is 1. The Balaban J connectivity index is 1.67. The number of hydrogen-bond donors (Lipinski definition) is 2. The number of hydrogen-bond acceptors (Lipinski definition) is 5. The summed E-state index contributed by atoms with van der Waals surface area (Å²) in [5, 5.41) is 23.9. The van der Waals surface area contributed by atoms with Crippen LogP contribution in [0.15, 0.2) is 31.0 Å². The number of aliphatic carboxylic acids is 1. The molecule has 2 N–H and O–H groups in total. The Morgan fingerprint density at radius 1 is 1.15 bits per heavy atom. The molecule has 136 valence electrons. The summed E-state index contributed by atoms with van der Waals surface area (Å²) < 4.78 is 4.56. The zero-order valence-corrected chi connectivity index (χ0v) is 14.6. The van der Waals surface area contributed by atoms with Gasteiger partial charge in [-0.25, -0.2) is 0 Å². The molecule has 0 saturated carbocycles. The van der Waals surface area contributed by atoms with Crippen LogP contribution in [0.2, 0.25) is 5.02 Å². The molecule has 0 saturated heterocycles. The zero-order chi connectivity index (χ0) is 18.7. The Bertz CT molecular complexity index is 943. The first-order chi connectivity index (χ1) is 12.4. The minimum Gasteiger partial charge on any atom is -0.480 e. The van der Waals surface area contributed by atoms with E-state index in [1.165, 1.54) is 12.4 Å². The summed E-state index contributed by atoms with van der Waals surface area (Å²) in [4.78, 5) is 22.9. The molecule has 0 atom stereocenters. The molecule has 3 aromatic rings. The highest BCUT2D eigenvalue weighted by atomic mass is 35.5. The van der Waals surface area contributed by atoms with Crippen LogP contribution in [0.25, 0.3) is 0 Å². The highest BCUT2D eigenvalue weighted by Crippen LogP contribution is 2.20. The minimum atomic E-state index is -1.05. The van der Waals surface area contributed by atoms with E-state index in [9.17, 15) is 9.59 Å². The molecule has 0 unspecified atom stereocenters. The van der Waals surface area contributed by atoms with E-state index in [1.54, 1.807) is 21.8 Å². The Morgan fingerprint density at radius 3 is 2.62 bits per heavy atom. The van der Waals surface area contributed by atoms with E-state index in [0.29, 0.717) is 11.6 Å². The molecule has 3 rings (SSSR count). The fourth-order valence-electron chi connectivity index (χ4n) is 2.30. The van der Waals surface area contributed by atoms with Gasteiger partial charge in [0.15, 0.2) is 5.82 Å². The first kappa shape index (κ1) is 17.7. The zero-order valence-electron chi connectivity index (χ0n) is 13.8. The van der Waals surface area contributed by atoms with Crippen LogP contribution in [-0.4, -0.2) is 46.3 Å². The lowest BCUT2D eigenvalue weighted by atomic mass is 10.3. The number of carbonyl (C=O) groups excluding carboxylic acids is 1. The van der Waals surface area contributed by atoms with Crippen molar-refractivity contribution in [2.75, 3.05) is 5.32 Å². The van der Waals surface area contributed by atoms with Gasteiger partial charge < -0.3 is 10.4 Å². The normalized spacial score (nSPS) is 10.8. The Labute approximate surface area is 153 Å². The molecule has 0 aliphatic heterocycles. The monoisotopic (exact) mass is 377 g/mol. The third-order valence-corrected chi connectivity index (χ3v) is 3.77. The number of nitrogens with zero attached hydrogens (tertiary/aromatic N) is 6. The highest BCUT2D eigenvalue weighted by molar-refractivity contribution is 6.33. The van der Waals surface area contributed by atoms with Gasteiger partial charge in [-0.2, -0.15) is 15.3 Å². The highest BCUT2D eigenvalue weighted by Gasteiger charge is 2.15. The van der Waals surface area contributed by atoms with Crippen molar-refractivity contribution in [3.8, 4) is 0 Å². The van der Waals surface area contributed by atoms with Gasteiger partial charge in [0.05, 0.1) is 24.5 Å². The molecule has 3 aromatic heterocycles. The van der Waals surface area contributed by atoms with Crippen molar-refractivity contribution in [2.45, 2.75) is 26.6 Å². The minimum absolute atomic E-state index is 0.209. The summed E-state index contributed by atoms with van der Waals surface area (Å²) in [6.45, 7) is 2.91. The molecular formula is C15H16ClN7O3. The van der Waals surface area contributed by atoms with E-state index >= 15 is 0 Å². The number of rotatable bonds is 7. The van der Waals surface area contributed by atoms with Crippen LogP contribution < -0.4 is 5.32 Å². The number of carbonyl (C=O) groups is 2. The topological polar surface area (TPSA) is 120 Å². The van der Waals surface area contributed by atoms with Crippen molar-refractivity contribution in [2.24, 2.45) is 0 Å². The first-order valence-corrected chi connectivity index (χ1v) is 8.12. The van der Waals surface area contributed by atoms with Crippen molar-refractivity contribution >= 4 is 29.3 Å². The maximum atomic E-state index is 12.2. The van der Waals surface area contributed by atoms with Crippen molar-refractivity contribution in [1.82, 2.24) is 29.3 Å². The molecule has 1 amide bonds. The van der Waals surface area contributed by atoms with Gasteiger partial charge in [-0.3, -0.25) is 23.6 Å². The standard InChI is InChI=1S/C15H16ClN7O3/c1-2-21-5-10(3-17-21)6-23-8-12(16)14(20-23)19-15(26)11-4-18-22(7-11)9-13(24)25/h3-5,7-8H,2,6,9H2,1H3,(H,24,25)(H,19,20,26). The number of carboxylic acid groups (broad SMARTS) is 1. The van der Waals surface area contributed by atoms with Gasteiger partial charge in [-0.1, -0.05) is 11.6 Å². The number of aryl methyl sites for hydroxylation is 1. The second-order valence-corrected chi connectivity index (χ2v) is 5.91. The molecule has 3 heterocycles. The Kier molecular flexibility index (Phi) is 5.03. The number of carboxylic acids is 1. The largest absolute Gasteiger partial charge is 0.480 e. The van der Waals surface area contributed by atoms with Crippen molar-refractivity contribution in [3.63, 3.8) is 0 Å². The summed E-state index contributed by atoms with van der Waals surface area (Å²) in [6.07, 6.45) is 7.88. The van der Waals surface area contributed by atoms with Crippen LogP contribution >= 0.6 is 11.6 Å². The quantitative estimate of drug-likeness (QED) is 0.641. The van der Waals surface area contributed by atoms with Crippen LogP contribution in [0.1, 0.15) is 22.8 Å². The summed E-state index contributed by atoms with van der Waals surface area (Å²) in [5.41, 5.74) is 1.17. The molecular weight excluding hydrogens is 362 g/mol. The van der Waals surface area contributed by atoms with E-state index in [0.717, 1.165) is 16.8 Å². The molecule has 0 spiro atoms. The van der Waals surface area contributed by atoms with E-state index in [2.05, 4.69) is 20.6 Å². The third kappa shape index (κ3) is 4.09. The summed E-state index contributed by atoms with van der Waals surface area (Å²) >= 11 is 6.13. The SMILES string of the molecule is CCn1cc(Cn2cc(Cl)c(NC(=O)c3cnn(CC(=O)O)c3)n2)cn1. The van der Waals surface area contributed by atoms with E-state index < -0.39 is 11.9 Å². The fraction of sp³-hybridized carbons (Fsp3) is 0.267. The molecule has 0 aromatic carbocycles. The lowest BCUT2D eigenvalue weighted by Gasteiger charge is -2.00. The summed E-state index contributed by atoms with van der Waals surface area (Å²) in [7, 11) is 0. The van der Waals surface area contributed by atoms with Gasteiger partial charge >= 0.3 is 5.97 Å². The molecule has 0 radical (unpaired) electrons. The summed E-state index contributed by atoms with van der Waals surface area (Å²) in [5.74, 6) is -1.31. The predicted octanol–water partition coefficient (Wildman–Crippen LogP) is 1.33. The molecule has 26 heavy (non-hydrogen) atoms. The number of amides is 1. The average molecular weight is 378 g/mol. The number of nitrogens with one attached hydrogen (secondary N) is 1. The van der Waals surface area contributed by atoms with Crippen LogP contribution in [0, 0.1) is 0 Å². The third-order valence-electron chi connectivity index (χ3n) is 3.50. The fourth-order valence-corrected chi connectivity index (χ4v) is 2.49. The first-order valence-electron chi connectivity index (χ1n) is 7.74. The maximum Gasteiger partial charge on any atom is 0.325 e. The molecule has 0 aliphatic rings. The Morgan fingerprint density at radius 2 is 1.92 bits per heavy atom. The molecule has 10 nitrogen and oxygen atoms in total. The maximum absolute atomic E-state index is 12.2. The van der Waals surface area contributed by atoms with Gasteiger partial charge in [-0.15, -0.1) is 0 Å². The molecule has 11 heteroatoms. The van der Waals surface area contributed by atoms with E-state index in [1.807, 2.05) is 13.1 Å². The average Bonchev–Trinajstić information content (AvgIpc) is 3.29. The van der Waals surface area contributed by atoms with Crippen LogP contribution in [0.3, 0.4) is 0 Å². The summed E-state index contributed by atoms with van der Waals surface area (Å²) in [6, 6.07) is 0. The second-order valence-electron chi connectivity index (χ2n) is 5.50. The second kappa shape index (κ2) is 7.40. The van der Waals surface area contributed by atoms with Gasteiger partial charge in [0, 0.05) is 30.7 Å². The van der Waals surface area contributed by atoms with Gasteiger partial charge in [-0.05, 0) is 6.92 Å². The lowest BCUT2D eigenvalue weighted by Crippen LogP contribution is -2.13.